The van der Waals surface area contributed by atoms with Crippen molar-refractivity contribution in [2.24, 2.45) is 0 Å². The molecule has 2 rings (SSSR count). The summed E-state index contributed by atoms with van der Waals surface area (Å²) in [5, 5.41) is 3.41. The summed E-state index contributed by atoms with van der Waals surface area (Å²) in [4.78, 5) is 0. The van der Waals surface area contributed by atoms with Gasteiger partial charge < -0.3 is 14.8 Å². The quantitative estimate of drug-likeness (QED) is 0.733. The Kier molecular flexibility index (Phi) is 5.49. The highest BCUT2D eigenvalue weighted by atomic mass is 16.5. The Labute approximate surface area is 103 Å². The summed E-state index contributed by atoms with van der Waals surface area (Å²) >= 11 is 0. The van der Waals surface area contributed by atoms with Crippen LogP contribution in [0.2, 0.25) is 0 Å². The van der Waals surface area contributed by atoms with Crippen LogP contribution in [0.25, 0.3) is 0 Å². The molecule has 1 saturated heterocycles. The first-order chi connectivity index (χ1) is 8.45. The Morgan fingerprint density at radius 2 is 1.94 bits per heavy atom. The van der Waals surface area contributed by atoms with Crippen molar-refractivity contribution in [1.29, 1.82) is 0 Å². The average molecular weight is 235 g/mol. The summed E-state index contributed by atoms with van der Waals surface area (Å²) in [5.74, 6) is 0. The highest BCUT2D eigenvalue weighted by Gasteiger charge is 2.13. The van der Waals surface area contributed by atoms with Gasteiger partial charge in [0.1, 0.15) is 0 Å². The van der Waals surface area contributed by atoms with Gasteiger partial charge >= 0.3 is 0 Å². The molecule has 3 nitrogen and oxygen atoms in total. The van der Waals surface area contributed by atoms with Gasteiger partial charge in [-0.2, -0.15) is 0 Å². The molecule has 1 aliphatic rings. The topological polar surface area (TPSA) is 30.5 Å². The molecule has 0 aromatic heterocycles. The summed E-state index contributed by atoms with van der Waals surface area (Å²) < 4.78 is 11.1. The molecule has 0 spiro atoms. The number of rotatable bonds is 7. The first-order valence-corrected chi connectivity index (χ1v) is 6.38. The fourth-order valence-corrected chi connectivity index (χ4v) is 2.01. The van der Waals surface area contributed by atoms with Gasteiger partial charge in [-0.15, -0.1) is 0 Å². The van der Waals surface area contributed by atoms with E-state index in [-0.39, 0.29) is 0 Å². The second-order valence-electron chi connectivity index (χ2n) is 4.41. The number of ether oxygens (including phenoxy) is 2. The van der Waals surface area contributed by atoms with Crippen molar-refractivity contribution in [1.82, 2.24) is 5.32 Å². The third-order valence-electron chi connectivity index (χ3n) is 2.96. The third-order valence-corrected chi connectivity index (χ3v) is 2.96. The van der Waals surface area contributed by atoms with Crippen LogP contribution in [0.3, 0.4) is 0 Å². The van der Waals surface area contributed by atoms with Gasteiger partial charge in [-0.1, -0.05) is 30.3 Å². The van der Waals surface area contributed by atoms with E-state index in [1.54, 1.807) is 0 Å². The molecule has 0 saturated carbocycles. The smallest absolute Gasteiger partial charge is 0.0718 e. The van der Waals surface area contributed by atoms with E-state index in [4.69, 9.17) is 9.47 Å². The first kappa shape index (κ1) is 12.6. The van der Waals surface area contributed by atoms with Crippen LogP contribution in [0, 0.1) is 0 Å². The van der Waals surface area contributed by atoms with Gasteiger partial charge in [0.25, 0.3) is 0 Å². The minimum absolute atomic E-state index is 0.559. The molecule has 1 N–H and O–H groups in total. The summed E-state index contributed by atoms with van der Waals surface area (Å²) in [6.07, 6.45) is 2.52. The Hall–Kier alpha value is -0.900. The van der Waals surface area contributed by atoms with Crippen LogP contribution in [0.15, 0.2) is 30.3 Å². The predicted octanol–water partition coefficient (Wildman–Crippen LogP) is 1.97. The molecule has 1 atom stereocenters. The zero-order valence-electron chi connectivity index (χ0n) is 10.2. The van der Waals surface area contributed by atoms with E-state index in [0.717, 1.165) is 13.2 Å². The molecule has 0 amide bonds. The van der Waals surface area contributed by atoms with E-state index in [9.17, 15) is 0 Å². The summed E-state index contributed by atoms with van der Waals surface area (Å²) in [6.45, 7) is 3.98. The maximum atomic E-state index is 5.57. The molecule has 1 heterocycles. The van der Waals surface area contributed by atoms with E-state index >= 15 is 0 Å². The van der Waals surface area contributed by atoms with Crippen molar-refractivity contribution < 1.29 is 9.47 Å². The average Bonchev–Trinajstić information content (AvgIpc) is 2.88. The molecule has 1 aliphatic heterocycles. The fourth-order valence-electron chi connectivity index (χ4n) is 2.01. The lowest BCUT2D eigenvalue weighted by Gasteiger charge is -2.10. The fraction of sp³-hybridized carbons (Fsp3) is 0.571. The molecule has 3 heteroatoms. The molecule has 0 aliphatic carbocycles. The Bertz CT molecular complexity index is 296. The number of hydrogen-bond donors (Lipinski definition) is 1. The van der Waals surface area contributed by atoms with E-state index in [2.05, 4.69) is 17.4 Å². The van der Waals surface area contributed by atoms with Crippen LogP contribution in [0.4, 0.5) is 0 Å². The second kappa shape index (κ2) is 7.43. The van der Waals surface area contributed by atoms with E-state index < -0.39 is 0 Å². The Morgan fingerprint density at radius 1 is 1.12 bits per heavy atom. The SMILES string of the molecule is c1ccc(COCCOCC2CCCN2)cc1. The number of nitrogens with one attached hydrogen (secondary N) is 1. The summed E-state index contributed by atoms with van der Waals surface area (Å²) in [5.41, 5.74) is 1.21. The molecule has 1 unspecified atom stereocenters. The first-order valence-electron chi connectivity index (χ1n) is 6.38. The zero-order valence-corrected chi connectivity index (χ0v) is 10.2. The minimum Gasteiger partial charge on any atom is -0.377 e. The Morgan fingerprint density at radius 3 is 2.71 bits per heavy atom. The molecule has 1 aromatic carbocycles. The maximum Gasteiger partial charge on any atom is 0.0718 e. The van der Waals surface area contributed by atoms with Crippen LogP contribution in [0.1, 0.15) is 18.4 Å². The van der Waals surface area contributed by atoms with E-state index in [1.165, 1.54) is 18.4 Å². The summed E-state index contributed by atoms with van der Waals surface area (Å²) in [6, 6.07) is 10.8. The van der Waals surface area contributed by atoms with Crippen molar-refractivity contribution in [3.63, 3.8) is 0 Å². The zero-order chi connectivity index (χ0) is 11.8. The van der Waals surface area contributed by atoms with Gasteiger partial charge in [-0.05, 0) is 24.9 Å². The standard InChI is InChI=1S/C14H21NO2/c1-2-5-13(6-3-1)11-16-9-10-17-12-14-7-4-8-15-14/h1-3,5-6,14-15H,4,7-12H2. The summed E-state index contributed by atoms with van der Waals surface area (Å²) in [7, 11) is 0. The van der Waals surface area contributed by atoms with E-state index in [1.807, 2.05) is 18.2 Å². The van der Waals surface area contributed by atoms with Gasteiger partial charge in [-0.25, -0.2) is 0 Å². The van der Waals surface area contributed by atoms with Crippen LogP contribution < -0.4 is 5.32 Å². The number of hydrogen-bond acceptors (Lipinski definition) is 3. The van der Waals surface area contributed by atoms with Crippen molar-refractivity contribution in [3.05, 3.63) is 35.9 Å². The van der Waals surface area contributed by atoms with Crippen LogP contribution in [0.5, 0.6) is 0 Å². The van der Waals surface area contributed by atoms with Crippen LogP contribution >= 0.6 is 0 Å². The monoisotopic (exact) mass is 235 g/mol. The van der Waals surface area contributed by atoms with Gasteiger partial charge in [-0.3, -0.25) is 0 Å². The minimum atomic E-state index is 0.559. The Balaban J connectivity index is 1.46. The van der Waals surface area contributed by atoms with Crippen molar-refractivity contribution >= 4 is 0 Å². The highest BCUT2D eigenvalue weighted by Crippen LogP contribution is 2.05. The molecule has 94 valence electrons. The number of benzene rings is 1. The van der Waals surface area contributed by atoms with Gasteiger partial charge in [0, 0.05) is 6.04 Å². The molecular formula is C14H21NO2. The predicted molar refractivity (Wildman–Crippen MR) is 67.9 cm³/mol. The third kappa shape index (κ3) is 4.86. The molecule has 0 radical (unpaired) electrons. The molecule has 1 fully saturated rings. The molecule has 17 heavy (non-hydrogen) atoms. The largest absolute Gasteiger partial charge is 0.377 e. The molecule has 0 bridgehead atoms. The second-order valence-corrected chi connectivity index (χ2v) is 4.41. The normalized spacial score (nSPS) is 19.6. The van der Waals surface area contributed by atoms with Crippen molar-refractivity contribution in [2.45, 2.75) is 25.5 Å². The van der Waals surface area contributed by atoms with Crippen molar-refractivity contribution in [3.8, 4) is 0 Å². The van der Waals surface area contributed by atoms with Gasteiger partial charge in [0.05, 0.1) is 26.4 Å². The lowest BCUT2D eigenvalue weighted by Crippen LogP contribution is -2.27. The van der Waals surface area contributed by atoms with Crippen LogP contribution in [-0.2, 0) is 16.1 Å². The van der Waals surface area contributed by atoms with Crippen molar-refractivity contribution in [2.75, 3.05) is 26.4 Å². The van der Waals surface area contributed by atoms with Gasteiger partial charge in [0.2, 0.25) is 0 Å². The maximum absolute atomic E-state index is 5.57. The van der Waals surface area contributed by atoms with E-state index in [0.29, 0.717) is 25.9 Å². The van der Waals surface area contributed by atoms with Gasteiger partial charge in [0.15, 0.2) is 0 Å². The highest BCUT2D eigenvalue weighted by molar-refractivity contribution is 5.13. The lowest BCUT2D eigenvalue weighted by atomic mass is 10.2. The molecular weight excluding hydrogens is 214 g/mol. The lowest BCUT2D eigenvalue weighted by molar-refractivity contribution is 0.0344. The molecule has 1 aromatic rings. The van der Waals surface area contributed by atoms with Crippen LogP contribution in [-0.4, -0.2) is 32.4 Å².